The van der Waals surface area contributed by atoms with Gasteiger partial charge in [0.05, 0.1) is 24.6 Å². The maximum Gasteiger partial charge on any atom is 0.338 e. The molecule has 6 rings (SSSR count). The van der Waals surface area contributed by atoms with Crippen molar-refractivity contribution >= 4 is 40.3 Å². The van der Waals surface area contributed by atoms with Crippen LogP contribution in [0.5, 0.6) is 0 Å². The van der Waals surface area contributed by atoms with Crippen molar-refractivity contribution in [3.05, 3.63) is 58.3 Å². The van der Waals surface area contributed by atoms with Crippen LogP contribution in [0.2, 0.25) is 0 Å². The van der Waals surface area contributed by atoms with E-state index >= 15 is 0 Å². The van der Waals surface area contributed by atoms with Crippen LogP contribution in [0.1, 0.15) is 91.9 Å². The van der Waals surface area contributed by atoms with Crippen molar-refractivity contribution in [2.24, 2.45) is 0 Å². The Hall–Kier alpha value is -3.06. The molecule has 3 heterocycles. The number of benzene rings is 1. The first-order chi connectivity index (χ1) is 19.5. The fourth-order valence-corrected chi connectivity index (χ4v) is 7.39. The van der Waals surface area contributed by atoms with Gasteiger partial charge in [0.15, 0.2) is 0 Å². The lowest BCUT2D eigenvalue weighted by molar-refractivity contribution is -0.141. The van der Waals surface area contributed by atoms with Crippen LogP contribution >= 0.6 is 11.6 Å². The molecule has 2 amide bonds. The first-order valence-corrected chi connectivity index (χ1v) is 15.3. The lowest BCUT2D eigenvalue weighted by Crippen LogP contribution is -2.49. The number of likely N-dealkylation sites (tertiary alicyclic amines) is 1. The van der Waals surface area contributed by atoms with E-state index in [4.69, 9.17) is 16.3 Å². The summed E-state index contributed by atoms with van der Waals surface area (Å²) >= 11 is 6.55. The van der Waals surface area contributed by atoms with E-state index in [1.807, 2.05) is 35.3 Å². The highest BCUT2D eigenvalue weighted by Gasteiger charge is 2.41. The molecule has 2 aliphatic carbocycles. The van der Waals surface area contributed by atoms with Gasteiger partial charge in [0.2, 0.25) is 11.8 Å². The normalized spacial score (nSPS) is 23.4. The molecule has 40 heavy (non-hydrogen) atoms. The average Bonchev–Trinajstić information content (AvgIpc) is 3.23. The number of carbonyl (C=O) groups is 3. The number of allylic oxidation sites excluding steroid dienone is 2. The van der Waals surface area contributed by atoms with Crippen LogP contribution in [0.15, 0.2) is 41.5 Å². The molecule has 2 aliphatic heterocycles. The van der Waals surface area contributed by atoms with Crippen LogP contribution in [-0.4, -0.2) is 64.4 Å². The van der Waals surface area contributed by atoms with Gasteiger partial charge in [0.25, 0.3) is 0 Å². The highest BCUT2D eigenvalue weighted by atomic mass is 35.5. The number of piperidine rings is 1. The standard InChI is InChI=1S/C32H38ClN3O4/c1-2-40-32(39)21-11-14-27-25(17-21)26-19-29(37)35(20-30(38)34-15-7-4-8-16-34)28-18-22(33)12-13-24(28)31(26)36(27)23-9-5-3-6-10-23/h11-14,17-18,23-24,28H,2-10,15-16,19-20H2,1H3. The van der Waals surface area contributed by atoms with Crippen LogP contribution in [0.3, 0.4) is 0 Å². The summed E-state index contributed by atoms with van der Waals surface area (Å²) in [5, 5.41) is 1.51. The van der Waals surface area contributed by atoms with Crippen LogP contribution in [-0.2, 0) is 20.7 Å². The predicted molar refractivity (Wildman–Crippen MR) is 155 cm³/mol. The smallest absolute Gasteiger partial charge is 0.338 e. The number of ether oxygens (including phenoxy) is 1. The third-order valence-corrected chi connectivity index (χ3v) is 9.35. The van der Waals surface area contributed by atoms with Gasteiger partial charge in [-0.2, -0.15) is 0 Å². The largest absolute Gasteiger partial charge is 0.462 e. The molecule has 0 spiro atoms. The van der Waals surface area contributed by atoms with E-state index in [-0.39, 0.29) is 42.7 Å². The number of aromatic nitrogens is 1. The summed E-state index contributed by atoms with van der Waals surface area (Å²) in [5.74, 6) is -0.581. The quantitative estimate of drug-likeness (QED) is 0.427. The molecule has 2 aromatic rings. The fourth-order valence-electron chi connectivity index (χ4n) is 7.19. The molecular weight excluding hydrogens is 526 g/mol. The zero-order chi connectivity index (χ0) is 27.8. The van der Waals surface area contributed by atoms with Crippen LogP contribution in [0, 0.1) is 0 Å². The Morgan fingerprint density at radius 2 is 1.80 bits per heavy atom. The van der Waals surface area contributed by atoms with Gasteiger partial charge in [0, 0.05) is 46.7 Å². The zero-order valence-corrected chi connectivity index (χ0v) is 24.0. The summed E-state index contributed by atoms with van der Waals surface area (Å²) in [6, 6.07) is 5.74. The molecule has 0 radical (unpaired) electrons. The Balaban J connectivity index is 1.48. The van der Waals surface area contributed by atoms with Crippen molar-refractivity contribution in [3.63, 3.8) is 0 Å². The summed E-state index contributed by atoms with van der Waals surface area (Å²) in [4.78, 5) is 43.8. The number of esters is 1. The van der Waals surface area contributed by atoms with Crippen LogP contribution in [0.25, 0.3) is 10.9 Å². The minimum absolute atomic E-state index is 0.00192. The van der Waals surface area contributed by atoms with E-state index in [0.717, 1.165) is 67.4 Å². The number of carbonyl (C=O) groups excluding carboxylic acids is 3. The maximum absolute atomic E-state index is 14.1. The van der Waals surface area contributed by atoms with Gasteiger partial charge in [-0.05, 0) is 74.9 Å². The molecule has 1 aromatic carbocycles. The van der Waals surface area contributed by atoms with Crippen LogP contribution < -0.4 is 0 Å². The Bertz CT molecular complexity index is 1380. The first kappa shape index (κ1) is 27.1. The minimum Gasteiger partial charge on any atom is -0.462 e. The minimum atomic E-state index is -0.359. The van der Waals surface area contributed by atoms with Crippen molar-refractivity contribution in [1.82, 2.24) is 14.4 Å². The molecule has 1 saturated carbocycles. The molecule has 8 heteroatoms. The number of hydrogen-bond acceptors (Lipinski definition) is 4. The average molecular weight is 564 g/mol. The highest BCUT2D eigenvalue weighted by molar-refractivity contribution is 6.31. The van der Waals surface area contributed by atoms with Gasteiger partial charge in [0.1, 0.15) is 6.54 Å². The van der Waals surface area contributed by atoms with E-state index in [0.29, 0.717) is 23.2 Å². The second-order valence-electron chi connectivity index (χ2n) is 11.5. The molecule has 1 aromatic heterocycles. The number of hydrogen-bond donors (Lipinski definition) is 0. The second kappa shape index (κ2) is 11.4. The van der Waals surface area contributed by atoms with Gasteiger partial charge < -0.3 is 19.1 Å². The molecule has 212 valence electrons. The summed E-state index contributed by atoms with van der Waals surface area (Å²) < 4.78 is 7.76. The number of amides is 2. The maximum atomic E-state index is 14.1. The zero-order valence-electron chi connectivity index (χ0n) is 23.2. The van der Waals surface area contributed by atoms with E-state index in [9.17, 15) is 14.4 Å². The van der Waals surface area contributed by atoms with E-state index in [1.165, 1.54) is 19.3 Å². The molecule has 2 atom stereocenters. The van der Waals surface area contributed by atoms with Gasteiger partial charge in [-0.25, -0.2) is 4.79 Å². The number of rotatable bonds is 5. The number of fused-ring (bicyclic) bond motifs is 5. The van der Waals surface area contributed by atoms with Gasteiger partial charge in [-0.1, -0.05) is 36.9 Å². The van der Waals surface area contributed by atoms with E-state index < -0.39 is 0 Å². The number of nitrogens with zero attached hydrogens (tertiary/aromatic N) is 3. The molecule has 2 unspecified atom stereocenters. The van der Waals surface area contributed by atoms with Gasteiger partial charge in [-0.3, -0.25) is 9.59 Å². The number of halogens is 1. The van der Waals surface area contributed by atoms with Gasteiger partial charge >= 0.3 is 5.97 Å². The van der Waals surface area contributed by atoms with E-state index in [1.54, 1.807) is 11.8 Å². The Kier molecular flexibility index (Phi) is 7.76. The lowest BCUT2D eigenvalue weighted by Gasteiger charge is -2.37. The summed E-state index contributed by atoms with van der Waals surface area (Å²) in [6.07, 6.45) is 15.0. The third-order valence-electron chi connectivity index (χ3n) is 9.10. The Morgan fingerprint density at radius 3 is 2.55 bits per heavy atom. The van der Waals surface area contributed by atoms with Crippen molar-refractivity contribution in [2.75, 3.05) is 26.2 Å². The predicted octanol–water partition coefficient (Wildman–Crippen LogP) is 5.87. The van der Waals surface area contributed by atoms with Crippen molar-refractivity contribution in [1.29, 1.82) is 0 Å². The Labute approximate surface area is 240 Å². The molecular formula is C32H38ClN3O4. The molecule has 0 N–H and O–H groups in total. The SMILES string of the molecule is CCOC(=O)c1ccc2c(c1)c1c(n2C2CCCCC2)C2C=CC(Cl)=CC2N(CC(=O)N2CCCCC2)C(=O)C1. The summed E-state index contributed by atoms with van der Waals surface area (Å²) in [5.41, 5.74) is 3.62. The van der Waals surface area contributed by atoms with Crippen molar-refractivity contribution in [2.45, 2.75) is 82.7 Å². The first-order valence-electron chi connectivity index (χ1n) is 14.9. The topological polar surface area (TPSA) is 71.8 Å². The third kappa shape index (κ3) is 4.98. The highest BCUT2D eigenvalue weighted by Crippen LogP contribution is 2.45. The lowest BCUT2D eigenvalue weighted by atomic mass is 9.88. The monoisotopic (exact) mass is 563 g/mol. The molecule has 7 nitrogen and oxygen atoms in total. The fraction of sp³-hybridized carbons (Fsp3) is 0.531. The summed E-state index contributed by atoms with van der Waals surface area (Å²) in [6.45, 7) is 3.65. The van der Waals surface area contributed by atoms with Crippen molar-refractivity contribution in [3.8, 4) is 0 Å². The van der Waals surface area contributed by atoms with Crippen LogP contribution in [0.4, 0.5) is 0 Å². The Morgan fingerprint density at radius 1 is 1.05 bits per heavy atom. The molecule has 1 saturated heterocycles. The second-order valence-corrected chi connectivity index (χ2v) is 12.0. The summed E-state index contributed by atoms with van der Waals surface area (Å²) in [7, 11) is 0. The van der Waals surface area contributed by atoms with E-state index in [2.05, 4.69) is 10.6 Å². The molecule has 2 fully saturated rings. The van der Waals surface area contributed by atoms with Crippen molar-refractivity contribution < 1.29 is 19.1 Å². The van der Waals surface area contributed by atoms with Gasteiger partial charge in [-0.15, -0.1) is 0 Å². The molecule has 0 bridgehead atoms. The molecule has 4 aliphatic rings.